The van der Waals surface area contributed by atoms with Gasteiger partial charge in [-0.05, 0) is 64.2 Å². The van der Waals surface area contributed by atoms with E-state index >= 15 is 0 Å². The molecule has 0 bridgehead atoms. The second-order valence-corrected chi connectivity index (χ2v) is 15.6. The van der Waals surface area contributed by atoms with Crippen LogP contribution >= 0.6 is 23.1 Å². The number of sulfonamides is 1. The van der Waals surface area contributed by atoms with Crippen LogP contribution in [0.3, 0.4) is 0 Å². The molecule has 0 saturated carbocycles. The number of hydrogen-bond donors (Lipinski definition) is 2. The number of aromatic nitrogens is 1. The van der Waals surface area contributed by atoms with Crippen molar-refractivity contribution in [3.8, 4) is 11.1 Å². The van der Waals surface area contributed by atoms with Gasteiger partial charge in [-0.15, -0.1) is 11.3 Å². The lowest BCUT2D eigenvalue weighted by Gasteiger charge is -2.36. The first kappa shape index (κ1) is 32.7. The van der Waals surface area contributed by atoms with Crippen LogP contribution < -0.4 is 4.72 Å². The third-order valence-corrected chi connectivity index (χ3v) is 11.9. The molecule has 7 nitrogen and oxygen atoms in total. The number of hydrogen-bond acceptors (Lipinski definition) is 8. The van der Waals surface area contributed by atoms with Crippen molar-refractivity contribution in [1.82, 2.24) is 9.71 Å². The van der Waals surface area contributed by atoms with Gasteiger partial charge >= 0.3 is 0 Å². The molecule has 6 aromatic rings. The largest absolute Gasteiger partial charge is 0.392 e. The molecular weight excluding hydrogens is 661 g/mol. The summed E-state index contributed by atoms with van der Waals surface area (Å²) in [5, 5.41) is 9.56. The number of thiazole rings is 1. The van der Waals surface area contributed by atoms with E-state index in [0.29, 0.717) is 6.42 Å². The Morgan fingerprint density at radius 1 is 0.792 bits per heavy atom. The topological polar surface area (TPSA) is 97.8 Å². The van der Waals surface area contributed by atoms with Gasteiger partial charge in [-0.2, -0.15) is 0 Å². The van der Waals surface area contributed by atoms with E-state index in [0.717, 1.165) is 49.0 Å². The summed E-state index contributed by atoms with van der Waals surface area (Å²) < 4.78 is 43.7. The highest BCUT2D eigenvalue weighted by Crippen LogP contribution is 2.41. The van der Waals surface area contributed by atoms with E-state index in [2.05, 4.69) is 16.9 Å². The Balaban J connectivity index is 1.10. The van der Waals surface area contributed by atoms with Gasteiger partial charge in [-0.3, -0.25) is 0 Å². The third kappa shape index (κ3) is 7.71. The molecule has 1 saturated heterocycles. The molecule has 0 amide bonds. The molecule has 10 heteroatoms. The highest BCUT2D eigenvalue weighted by atomic mass is 32.2. The van der Waals surface area contributed by atoms with Crippen LogP contribution in [0, 0.1) is 0 Å². The maximum Gasteiger partial charge on any atom is 0.240 e. The maximum absolute atomic E-state index is 12.8. The summed E-state index contributed by atoms with van der Waals surface area (Å²) in [6.07, 6.45) is -0.189. The minimum atomic E-state index is -3.62. The van der Waals surface area contributed by atoms with Crippen molar-refractivity contribution in [1.29, 1.82) is 0 Å². The molecule has 1 aliphatic rings. The standard InChI is InChI=1S/C38H34N2O5S3/c41-24-26-16-18-28(19-17-26)35-22-32(25-46-38-40-34-14-4-5-15-36(34)47-38)44-37(45-35)31-11-7-10-30(21-31)29-9-6-8-27(20-29)23-39-48(42,43)33-12-2-1-3-13-33/h1-21,32,35,37,39,41H,22-25H2/t32-,35+,37+/m1/s1. The molecule has 2 N–H and O–H groups in total. The van der Waals surface area contributed by atoms with E-state index < -0.39 is 16.3 Å². The Morgan fingerprint density at radius 2 is 1.54 bits per heavy atom. The normalized spacial score (nSPS) is 18.2. The van der Waals surface area contributed by atoms with E-state index in [-0.39, 0.29) is 30.3 Å². The van der Waals surface area contributed by atoms with Crippen LogP contribution in [-0.2, 0) is 32.6 Å². The number of aliphatic hydroxyl groups excluding tert-OH is 1. The lowest BCUT2D eigenvalue weighted by atomic mass is 9.99. The maximum atomic E-state index is 12.8. The predicted molar refractivity (Wildman–Crippen MR) is 191 cm³/mol. The van der Waals surface area contributed by atoms with Crippen LogP contribution in [0.25, 0.3) is 21.3 Å². The molecule has 1 aromatic heterocycles. The van der Waals surface area contributed by atoms with Gasteiger partial charge in [-0.25, -0.2) is 18.1 Å². The summed E-state index contributed by atoms with van der Waals surface area (Å²) in [5.41, 5.74) is 6.58. The van der Waals surface area contributed by atoms with Crippen LogP contribution in [0.4, 0.5) is 0 Å². The summed E-state index contributed by atoms with van der Waals surface area (Å²) in [4.78, 5) is 5.03. The second kappa shape index (κ2) is 14.7. The van der Waals surface area contributed by atoms with E-state index in [1.54, 1.807) is 53.4 Å². The van der Waals surface area contributed by atoms with Crippen LogP contribution in [-0.4, -0.2) is 30.4 Å². The van der Waals surface area contributed by atoms with E-state index in [4.69, 9.17) is 14.5 Å². The monoisotopic (exact) mass is 694 g/mol. The fourth-order valence-corrected chi connectivity index (χ4v) is 8.84. The molecule has 2 heterocycles. The highest BCUT2D eigenvalue weighted by Gasteiger charge is 2.32. The fourth-order valence-electron chi connectivity index (χ4n) is 5.69. The molecule has 1 fully saturated rings. The quantitative estimate of drug-likeness (QED) is 0.132. The molecule has 1 aliphatic heterocycles. The number of fused-ring (bicyclic) bond motifs is 1. The Bertz CT molecular complexity index is 2070. The molecule has 0 unspecified atom stereocenters. The van der Waals surface area contributed by atoms with Crippen molar-refractivity contribution in [3.63, 3.8) is 0 Å². The first-order chi connectivity index (χ1) is 23.4. The zero-order valence-corrected chi connectivity index (χ0v) is 28.4. The van der Waals surface area contributed by atoms with Gasteiger partial charge in [0.25, 0.3) is 0 Å². The van der Waals surface area contributed by atoms with Gasteiger partial charge in [0.2, 0.25) is 10.0 Å². The zero-order valence-electron chi connectivity index (χ0n) is 25.9. The van der Waals surface area contributed by atoms with Crippen molar-refractivity contribution in [2.75, 3.05) is 5.75 Å². The van der Waals surface area contributed by atoms with Gasteiger partial charge in [0.1, 0.15) is 0 Å². The molecular formula is C38H34N2O5S3. The van der Waals surface area contributed by atoms with Gasteiger partial charge in [-0.1, -0.05) is 103 Å². The van der Waals surface area contributed by atoms with Crippen LogP contribution in [0.5, 0.6) is 0 Å². The molecule has 0 radical (unpaired) electrons. The molecule has 5 aromatic carbocycles. The molecule has 3 atom stereocenters. The first-order valence-corrected chi connectivity index (χ1v) is 18.9. The number of aliphatic hydroxyl groups is 1. The summed E-state index contributed by atoms with van der Waals surface area (Å²) in [6, 6.07) is 40.4. The number of nitrogens with zero attached hydrogens (tertiary/aromatic N) is 1. The van der Waals surface area contributed by atoms with Crippen molar-refractivity contribution in [2.24, 2.45) is 0 Å². The highest BCUT2D eigenvalue weighted by molar-refractivity contribution is 8.01. The number of ether oxygens (including phenoxy) is 2. The van der Waals surface area contributed by atoms with Gasteiger partial charge < -0.3 is 14.6 Å². The predicted octanol–water partition coefficient (Wildman–Crippen LogP) is 8.27. The van der Waals surface area contributed by atoms with Gasteiger partial charge in [0, 0.05) is 24.3 Å². The number of rotatable bonds is 11. The van der Waals surface area contributed by atoms with Crippen LogP contribution in [0.1, 0.15) is 41.1 Å². The van der Waals surface area contributed by atoms with Crippen LogP contribution in [0.2, 0.25) is 0 Å². The average Bonchev–Trinajstić information content (AvgIpc) is 3.57. The fraction of sp³-hybridized carbons (Fsp3) is 0.184. The number of nitrogens with one attached hydrogen (secondary N) is 1. The summed E-state index contributed by atoms with van der Waals surface area (Å²) in [7, 11) is -3.62. The Labute approximate surface area is 288 Å². The Morgan fingerprint density at radius 3 is 2.33 bits per heavy atom. The Hall–Kier alpha value is -3.87. The van der Waals surface area contributed by atoms with Gasteiger partial charge in [0.15, 0.2) is 10.6 Å². The zero-order chi connectivity index (χ0) is 32.9. The first-order valence-electron chi connectivity index (χ1n) is 15.7. The Kier molecular flexibility index (Phi) is 10.0. The number of para-hydroxylation sites is 1. The summed E-state index contributed by atoms with van der Waals surface area (Å²) in [5.74, 6) is 0.728. The minimum Gasteiger partial charge on any atom is -0.392 e. The smallest absolute Gasteiger partial charge is 0.240 e. The average molecular weight is 695 g/mol. The van der Waals surface area contributed by atoms with Crippen molar-refractivity contribution >= 4 is 43.3 Å². The second-order valence-electron chi connectivity index (χ2n) is 11.6. The SMILES string of the molecule is O=S(=O)(NCc1cccc(-c2cccc([C@H]3O[C@@H](CSc4nc5ccccc5s4)C[C@@H](c4ccc(CO)cc4)O3)c2)c1)c1ccccc1. The van der Waals surface area contributed by atoms with E-state index in [1.807, 2.05) is 84.9 Å². The minimum absolute atomic E-state index is 0.00807. The summed E-state index contributed by atoms with van der Waals surface area (Å²) >= 11 is 3.40. The molecule has 244 valence electrons. The van der Waals surface area contributed by atoms with Crippen molar-refractivity contribution in [3.05, 3.63) is 150 Å². The third-order valence-electron chi connectivity index (χ3n) is 8.22. The van der Waals surface area contributed by atoms with E-state index in [9.17, 15) is 13.5 Å². The lowest BCUT2D eigenvalue weighted by molar-refractivity contribution is -0.245. The van der Waals surface area contributed by atoms with Crippen molar-refractivity contribution < 1.29 is 23.0 Å². The number of thioether (sulfide) groups is 1. The molecule has 7 rings (SSSR count). The molecule has 0 spiro atoms. The van der Waals surface area contributed by atoms with Gasteiger partial charge in [0.05, 0.1) is 33.9 Å². The molecule has 48 heavy (non-hydrogen) atoms. The van der Waals surface area contributed by atoms with Crippen LogP contribution in [0.15, 0.2) is 137 Å². The van der Waals surface area contributed by atoms with Crippen molar-refractivity contribution in [2.45, 2.75) is 47.3 Å². The summed E-state index contributed by atoms with van der Waals surface area (Å²) in [6.45, 7) is 0.163. The van der Waals surface area contributed by atoms with E-state index in [1.165, 1.54) is 4.70 Å². The molecule has 0 aliphatic carbocycles. The lowest BCUT2D eigenvalue weighted by Crippen LogP contribution is -2.31. The number of benzene rings is 5.